The molecule has 3 N–H and O–H groups in total. The Balaban J connectivity index is 2.18. The lowest BCUT2D eigenvalue weighted by molar-refractivity contribution is -0.122. The number of imidazole rings is 1. The molecule has 0 radical (unpaired) electrons. The third-order valence-electron chi connectivity index (χ3n) is 3.21. The van der Waals surface area contributed by atoms with Crippen LogP contribution in [0.5, 0.6) is 0 Å². The molecular formula is C14H19N3O2. The number of carbonyl (C=O) groups excluding carboxylic acids is 1. The summed E-state index contributed by atoms with van der Waals surface area (Å²) in [6.07, 6.45) is 0. The zero-order chi connectivity index (χ0) is 14.0. The van der Waals surface area contributed by atoms with Gasteiger partial charge in [-0.05, 0) is 31.0 Å². The van der Waals surface area contributed by atoms with Gasteiger partial charge in [0.15, 0.2) is 0 Å². The number of rotatable bonds is 4. The molecule has 1 unspecified atom stereocenters. The second kappa shape index (κ2) is 5.40. The maximum atomic E-state index is 12.0. The number of aliphatic hydroxyl groups excluding tert-OH is 1. The number of nitrogens with one attached hydrogen (secondary N) is 2. The van der Waals surface area contributed by atoms with E-state index in [-0.39, 0.29) is 24.3 Å². The molecule has 1 amide bonds. The quantitative estimate of drug-likeness (QED) is 0.788. The van der Waals surface area contributed by atoms with Crippen LogP contribution in [0.15, 0.2) is 18.2 Å². The van der Waals surface area contributed by atoms with Gasteiger partial charge in [0.1, 0.15) is 5.82 Å². The summed E-state index contributed by atoms with van der Waals surface area (Å²) in [6.45, 7) is 5.58. The molecule has 0 aliphatic carbocycles. The van der Waals surface area contributed by atoms with Gasteiger partial charge in [0.2, 0.25) is 5.91 Å². The number of aliphatic hydroxyl groups is 1. The lowest BCUT2D eigenvalue weighted by atomic mass is 9.96. The van der Waals surface area contributed by atoms with Crippen LogP contribution in [0.2, 0.25) is 0 Å². The van der Waals surface area contributed by atoms with E-state index in [1.54, 1.807) is 0 Å². The van der Waals surface area contributed by atoms with Crippen molar-refractivity contribution in [3.63, 3.8) is 0 Å². The Hall–Kier alpha value is -1.88. The molecule has 0 saturated carbocycles. The van der Waals surface area contributed by atoms with Gasteiger partial charge in [-0.3, -0.25) is 4.79 Å². The lowest BCUT2D eigenvalue weighted by Gasteiger charge is -2.17. The Morgan fingerprint density at radius 2 is 2.21 bits per heavy atom. The molecule has 0 fully saturated rings. The van der Waals surface area contributed by atoms with Gasteiger partial charge >= 0.3 is 0 Å². The Morgan fingerprint density at radius 3 is 2.84 bits per heavy atom. The maximum Gasteiger partial charge on any atom is 0.230 e. The smallest absolute Gasteiger partial charge is 0.230 e. The maximum absolute atomic E-state index is 12.0. The average molecular weight is 261 g/mol. The minimum atomic E-state index is -0.390. The van der Waals surface area contributed by atoms with Crippen molar-refractivity contribution < 1.29 is 9.90 Å². The SMILES string of the molecule is Cc1nc2ccc(NC(=O)C(CO)C(C)C)cc2[nH]1. The standard InChI is InChI=1S/C14H19N3O2/c1-8(2)11(7-18)14(19)17-10-4-5-12-13(6-10)16-9(3)15-12/h4-6,8,11,18H,7H2,1-3H3,(H,15,16)(H,17,19). The Labute approximate surface area is 112 Å². The molecule has 0 aliphatic heterocycles. The fourth-order valence-corrected chi connectivity index (χ4v) is 2.05. The molecule has 102 valence electrons. The molecule has 5 heteroatoms. The molecule has 5 nitrogen and oxygen atoms in total. The zero-order valence-corrected chi connectivity index (χ0v) is 11.4. The largest absolute Gasteiger partial charge is 0.396 e. The Bertz CT molecular complexity index is 589. The van der Waals surface area contributed by atoms with E-state index in [0.717, 1.165) is 16.9 Å². The number of hydrogen-bond acceptors (Lipinski definition) is 3. The number of fused-ring (bicyclic) bond motifs is 1. The van der Waals surface area contributed by atoms with Gasteiger partial charge in [0, 0.05) is 5.69 Å². The van der Waals surface area contributed by atoms with Crippen molar-refractivity contribution in [1.29, 1.82) is 0 Å². The van der Waals surface area contributed by atoms with Gasteiger partial charge in [-0.25, -0.2) is 4.98 Å². The highest BCUT2D eigenvalue weighted by molar-refractivity contribution is 5.94. The average Bonchev–Trinajstić information content (AvgIpc) is 2.68. The summed E-state index contributed by atoms with van der Waals surface area (Å²) in [5, 5.41) is 12.1. The molecule has 0 aliphatic rings. The molecule has 0 saturated heterocycles. The minimum absolute atomic E-state index is 0.100. The van der Waals surface area contributed by atoms with Crippen LogP contribution in [0, 0.1) is 18.8 Å². The Kier molecular flexibility index (Phi) is 3.85. The minimum Gasteiger partial charge on any atom is -0.396 e. The molecule has 19 heavy (non-hydrogen) atoms. The topological polar surface area (TPSA) is 78.0 Å². The molecule has 2 rings (SSSR count). The number of amides is 1. The van der Waals surface area contributed by atoms with E-state index in [4.69, 9.17) is 0 Å². The first kappa shape index (κ1) is 13.5. The highest BCUT2D eigenvalue weighted by Crippen LogP contribution is 2.19. The van der Waals surface area contributed by atoms with E-state index in [9.17, 15) is 9.90 Å². The number of hydrogen-bond donors (Lipinski definition) is 3. The zero-order valence-electron chi connectivity index (χ0n) is 11.4. The van der Waals surface area contributed by atoms with Crippen LogP contribution in [0.25, 0.3) is 11.0 Å². The number of nitrogens with zero attached hydrogens (tertiary/aromatic N) is 1. The fraction of sp³-hybridized carbons (Fsp3) is 0.429. The highest BCUT2D eigenvalue weighted by atomic mass is 16.3. The van der Waals surface area contributed by atoms with E-state index in [1.807, 2.05) is 39.0 Å². The number of H-pyrrole nitrogens is 1. The first-order chi connectivity index (χ1) is 9.01. The van der Waals surface area contributed by atoms with Crippen LogP contribution >= 0.6 is 0 Å². The molecule has 1 heterocycles. The lowest BCUT2D eigenvalue weighted by Crippen LogP contribution is -2.29. The van der Waals surface area contributed by atoms with Gasteiger partial charge in [-0.1, -0.05) is 13.8 Å². The van der Waals surface area contributed by atoms with E-state index in [2.05, 4.69) is 15.3 Å². The number of anilines is 1. The molecule has 1 aromatic heterocycles. The molecule has 0 spiro atoms. The van der Waals surface area contributed by atoms with Crippen molar-refractivity contribution in [2.75, 3.05) is 11.9 Å². The predicted molar refractivity (Wildman–Crippen MR) is 74.9 cm³/mol. The second-order valence-electron chi connectivity index (χ2n) is 5.08. The molecule has 0 bridgehead atoms. The summed E-state index contributed by atoms with van der Waals surface area (Å²) in [5.41, 5.74) is 2.47. The van der Waals surface area contributed by atoms with E-state index in [1.165, 1.54) is 0 Å². The van der Waals surface area contributed by atoms with Crippen LogP contribution in [-0.4, -0.2) is 27.6 Å². The van der Waals surface area contributed by atoms with E-state index in [0.29, 0.717) is 5.69 Å². The highest BCUT2D eigenvalue weighted by Gasteiger charge is 2.21. The monoisotopic (exact) mass is 261 g/mol. The van der Waals surface area contributed by atoms with Crippen LogP contribution in [-0.2, 0) is 4.79 Å². The number of aromatic amines is 1. The molecular weight excluding hydrogens is 242 g/mol. The van der Waals surface area contributed by atoms with Crippen molar-refractivity contribution in [1.82, 2.24) is 9.97 Å². The number of aryl methyl sites for hydroxylation is 1. The first-order valence-electron chi connectivity index (χ1n) is 6.39. The third kappa shape index (κ3) is 2.93. The van der Waals surface area contributed by atoms with Gasteiger partial charge in [0.05, 0.1) is 23.6 Å². The summed E-state index contributed by atoms with van der Waals surface area (Å²) in [7, 11) is 0. The normalized spacial score (nSPS) is 12.9. The molecule has 2 aromatic rings. The summed E-state index contributed by atoms with van der Waals surface area (Å²) >= 11 is 0. The predicted octanol–water partition coefficient (Wildman–Crippen LogP) is 2.07. The summed E-state index contributed by atoms with van der Waals surface area (Å²) < 4.78 is 0. The second-order valence-corrected chi connectivity index (χ2v) is 5.08. The Morgan fingerprint density at radius 1 is 1.47 bits per heavy atom. The van der Waals surface area contributed by atoms with Gasteiger partial charge in [0.25, 0.3) is 0 Å². The first-order valence-corrected chi connectivity index (χ1v) is 6.39. The van der Waals surface area contributed by atoms with Crippen molar-refractivity contribution in [2.45, 2.75) is 20.8 Å². The number of benzene rings is 1. The summed E-state index contributed by atoms with van der Waals surface area (Å²) in [5.74, 6) is 0.393. The van der Waals surface area contributed by atoms with E-state index < -0.39 is 0 Å². The van der Waals surface area contributed by atoms with Gasteiger partial charge in [-0.2, -0.15) is 0 Å². The molecule has 1 aromatic carbocycles. The van der Waals surface area contributed by atoms with Crippen molar-refractivity contribution in [3.05, 3.63) is 24.0 Å². The van der Waals surface area contributed by atoms with Crippen molar-refractivity contribution in [3.8, 4) is 0 Å². The van der Waals surface area contributed by atoms with Crippen molar-refractivity contribution >= 4 is 22.6 Å². The fourth-order valence-electron chi connectivity index (χ4n) is 2.05. The van der Waals surface area contributed by atoms with Crippen LogP contribution in [0.3, 0.4) is 0 Å². The van der Waals surface area contributed by atoms with Gasteiger partial charge < -0.3 is 15.4 Å². The van der Waals surface area contributed by atoms with Gasteiger partial charge in [-0.15, -0.1) is 0 Å². The third-order valence-corrected chi connectivity index (χ3v) is 3.21. The van der Waals surface area contributed by atoms with Crippen LogP contribution < -0.4 is 5.32 Å². The summed E-state index contributed by atoms with van der Waals surface area (Å²) in [4.78, 5) is 19.5. The van der Waals surface area contributed by atoms with Crippen LogP contribution in [0.4, 0.5) is 5.69 Å². The summed E-state index contributed by atoms with van der Waals surface area (Å²) in [6, 6.07) is 5.52. The van der Waals surface area contributed by atoms with E-state index >= 15 is 0 Å². The molecule has 1 atom stereocenters. The number of aromatic nitrogens is 2. The van der Waals surface area contributed by atoms with Crippen LogP contribution in [0.1, 0.15) is 19.7 Å². The van der Waals surface area contributed by atoms with Crippen molar-refractivity contribution in [2.24, 2.45) is 11.8 Å². The number of carbonyl (C=O) groups is 1.